The Morgan fingerprint density at radius 2 is 2.00 bits per heavy atom. The van der Waals surface area contributed by atoms with E-state index in [1.807, 2.05) is 0 Å². The van der Waals surface area contributed by atoms with Gasteiger partial charge in [0.15, 0.2) is 0 Å². The molecule has 1 aromatic rings. The standard InChI is InChI=1S/C14H22ClFN2/c1-14(2,10-18(3)4)9-17-8-11-7-12(16)5-6-13(11)15/h5-7,17H,8-10H2,1-4H3. The lowest BCUT2D eigenvalue weighted by molar-refractivity contribution is 0.232. The Hall–Kier alpha value is -0.640. The van der Waals surface area contributed by atoms with Crippen LogP contribution in [0.15, 0.2) is 18.2 Å². The van der Waals surface area contributed by atoms with E-state index in [-0.39, 0.29) is 11.2 Å². The van der Waals surface area contributed by atoms with Crippen LogP contribution in [0.3, 0.4) is 0 Å². The molecule has 102 valence electrons. The van der Waals surface area contributed by atoms with Gasteiger partial charge in [0.25, 0.3) is 0 Å². The molecule has 0 aliphatic heterocycles. The summed E-state index contributed by atoms with van der Waals surface area (Å²) in [4.78, 5) is 2.16. The van der Waals surface area contributed by atoms with Crippen LogP contribution >= 0.6 is 11.6 Å². The van der Waals surface area contributed by atoms with Crippen LogP contribution in [0.5, 0.6) is 0 Å². The van der Waals surface area contributed by atoms with Gasteiger partial charge in [-0.1, -0.05) is 25.4 Å². The Balaban J connectivity index is 2.48. The largest absolute Gasteiger partial charge is 0.312 e. The normalized spacial score (nSPS) is 12.2. The number of hydrogen-bond acceptors (Lipinski definition) is 2. The van der Waals surface area contributed by atoms with E-state index in [4.69, 9.17) is 11.6 Å². The summed E-state index contributed by atoms with van der Waals surface area (Å²) < 4.78 is 13.1. The Labute approximate surface area is 114 Å². The summed E-state index contributed by atoms with van der Waals surface area (Å²) in [6.45, 7) is 6.85. The van der Waals surface area contributed by atoms with E-state index in [0.717, 1.165) is 18.7 Å². The van der Waals surface area contributed by atoms with Crippen molar-refractivity contribution in [2.75, 3.05) is 27.2 Å². The summed E-state index contributed by atoms with van der Waals surface area (Å²) in [6, 6.07) is 4.45. The van der Waals surface area contributed by atoms with E-state index in [0.29, 0.717) is 11.6 Å². The summed E-state index contributed by atoms with van der Waals surface area (Å²) >= 11 is 6.02. The van der Waals surface area contributed by atoms with Crippen molar-refractivity contribution in [1.29, 1.82) is 0 Å². The number of rotatable bonds is 6. The maximum absolute atomic E-state index is 13.1. The van der Waals surface area contributed by atoms with Gasteiger partial charge < -0.3 is 10.2 Å². The SMILES string of the molecule is CN(C)CC(C)(C)CNCc1cc(F)ccc1Cl. The zero-order chi connectivity index (χ0) is 13.8. The van der Waals surface area contributed by atoms with Gasteiger partial charge in [0.2, 0.25) is 0 Å². The lowest BCUT2D eigenvalue weighted by Gasteiger charge is -2.28. The molecule has 0 unspecified atom stereocenters. The molecule has 0 saturated heterocycles. The molecule has 0 aliphatic carbocycles. The first-order valence-electron chi connectivity index (χ1n) is 6.09. The van der Waals surface area contributed by atoms with E-state index in [1.165, 1.54) is 12.1 Å². The average molecular weight is 273 g/mol. The van der Waals surface area contributed by atoms with Crippen LogP contribution in [0.1, 0.15) is 19.4 Å². The first-order valence-corrected chi connectivity index (χ1v) is 6.47. The van der Waals surface area contributed by atoms with Crippen molar-refractivity contribution in [2.24, 2.45) is 5.41 Å². The molecule has 0 heterocycles. The third-order valence-corrected chi connectivity index (χ3v) is 3.04. The molecular formula is C14H22ClFN2. The Morgan fingerprint density at radius 3 is 2.61 bits per heavy atom. The third-order valence-electron chi connectivity index (χ3n) is 2.67. The molecule has 0 amide bonds. The number of hydrogen-bond donors (Lipinski definition) is 1. The summed E-state index contributed by atoms with van der Waals surface area (Å²) in [7, 11) is 4.12. The summed E-state index contributed by atoms with van der Waals surface area (Å²) in [6.07, 6.45) is 0. The molecule has 1 aromatic carbocycles. The fraction of sp³-hybridized carbons (Fsp3) is 0.571. The highest BCUT2D eigenvalue weighted by atomic mass is 35.5. The van der Waals surface area contributed by atoms with Crippen LogP contribution in [0.25, 0.3) is 0 Å². The van der Waals surface area contributed by atoms with Gasteiger partial charge in [0, 0.05) is 24.7 Å². The lowest BCUT2D eigenvalue weighted by atomic mass is 9.93. The highest BCUT2D eigenvalue weighted by Crippen LogP contribution is 2.18. The summed E-state index contributed by atoms with van der Waals surface area (Å²) in [5, 5.41) is 3.94. The average Bonchev–Trinajstić information content (AvgIpc) is 2.21. The predicted octanol–water partition coefficient (Wildman–Crippen LogP) is 3.16. The molecule has 0 aromatic heterocycles. The van der Waals surface area contributed by atoms with Crippen LogP contribution in [0.4, 0.5) is 4.39 Å². The Bertz CT molecular complexity index is 391. The fourth-order valence-electron chi connectivity index (χ4n) is 2.13. The molecule has 0 bridgehead atoms. The highest BCUT2D eigenvalue weighted by molar-refractivity contribution is 6.31. The number of benzene rings is 1. The third kappa shape index (κ3) is 5.34. The van der Waals surface area contributed by atoms with Crippen molar-refractivity contribution in [2.45, 2.75) is 20.4 Å². The number of nitrogens with one attached hydrogen (secondary N) is 1. The van der Waals surface area contributed by atoms with Gasteiger partial charge in [0.1, 0.15) is 5.82 Å². The first-order chi connectivity index (χ1) is 8.30. The molecule has 1 N–H and O–H groups in total. The second-order valence-electron chi connectivity index (χ2n) is 5.74. The topological polar surface area (TPSA) is 15.3 Å². The minimum absolute atomic E-state index is 0.170. The molecule has 0 fully saturated rings. The van der Waals surface area contributed by atoms with Crippen LogP contribution in [0, 0.1) is 11.2 Å². The molecule has 4 heteroatoms. The molecule has 0 saturated carbocycles. The monoisotopic (exact) mass is 272 g/mol. The van der Waals surface area contributed by atoms with Crippen LogP contribution in [-0.4, -0.2) is 32.1 Å². The van der Waals surface area contributed by atoms with Gasteiger partial charge >= 0.3 is 0 Å². The maximum atomic E-state index is 13.1. The second kappa shape index (κ2) is 6.50. The maximum Gasteiger partial charge on any atom is 0.123 e. The van der Waals surface area contributed by atoms with Crippen molar-refractivity contribution >= 4 is 11.6 Å². The van der Waals surface area contributed by atoms with Gasteiger partial charge in [-0.15, -0.1) is 0 Å². The zero-order valence-electron chi connectivity index (χ0n) is 11.6. The molecule has 2 nitrogen and oxygen atoms in total. The minimum Gasteiger partial charge on any atom is -0.312 e. The van der Waals surface area contributed by atoms with Crippen molar-refractivity contribution < 1.29 is 4.39 Å². The molecule has 0 radical (unpaired) electrons. The minimum atomic E-state index is -0.247. The van der Waals surface area contributed by atoms with Gasteiger partial charge in [-0.2, -0.15) is 0 Å². The molecule has 0 spiro atoms. The summed E-state index contributed by atoms with van der Waals surface area (Å²) in [5.74, 6) is -0.247. The smallest absolute Gasteiger partial charge is 0.123 e. The Morgan fingerprint density at radius 1 is 1.33 bits per heavy atom. The molecule has 0 atom stereocenters. The number of nitrogens with zero attached hydrogens (tertiary/aromatic N) is 1. The van der Waals surface area contributed by atoms with Gasteiger partial charge in [0.05, 0.1) is 0 Å². The van der Waals surface area contributed by atoms with Crippen LogP contribution in [-0.2, 0) is 6.54 Å². The fourth-order valence-corrected chi connectivity index (χ4v) is 2.31. The van der Waals surface area contributed by atoms with Crippen LogP contribution in [0.2, 0.25) is 5.02 Å². The molecule has 1 rings (SSSR count). The quantitative estimate of drug-likeness (QED) is 0.856. The van der Waals surface area contributed by atoms with Gasteiger partial charge in [-0.05, 0) is 43.3 Å². The summed E-state index contributed by atoms with van der Waals surface area (Å²) in [5.41, 5.74) is 0.973. The predicted molar refractivity (Wildman–Crippen MR) is 75.5 cm³/mol. The van der Waals surface area contributed by atoms with Crippen LogP contribution < -0.4 is 5.32 Å². The van der Waals surface area contributed by atoms with Crippen molar-refractivity contribution in [3.05, 3.63) is 34.6 Å². The Kier molecular flexibility index (Phi) is 5.57. The van der Waals surface area contributed by atoms with E-state index >= 15 is 0 Å². The van der Waals surface area contributed by atoms with E-state index < -0.39 is 0 Å². The molecular weight excluding hydrogens is 251 g/mol. The molecule has 18 heavy (non-hydrogen) atoms. The van der Waals surface area contributed by atoms with E-state index in [9.17, 15) is 4.39 Å². The van der Waals surface area contributed by atoms with Gasteiger partial charge in [-0.3, -0.25) is 0 Å². The number of halogens is 2. The van der Waals surface area contributed by atoms with E-state index in [1.54, 1.807) is 6.07 Å². The zero-order valence-corrected chi connectivity index (χ0v) is 12.3. The van der Waals surface area contributed by atoms with Gasteiger partial charge in [-0.25, -0.2) is 4.39 Å². The highest BCUT2D eigenvalue weighted by Gasteiger charge is 2.18. The van der Waals surface area contributed by atoms with Crippen molar-refractivity contribution in [3.8, 4) is 0 Å². The van der Waals surface area contributed by atoms with E-state index in [2.05, 4.69) is 38.2 Å². The lowest BCUT2D eigenvalue weighted by Crippen LogP contribution is -2.37. The molecule has 0 aliphatic rings. The van der Waals surface area contributed by atoms with Crippen molar-refractivity contribution in [3.63, 3.8) is 0 Å². The first kappa shape index (κ1) is 15.4. The van der Waals surface area contributed by atoms with Crippen molar-refractivity contribution in [1.82, 2.24) is 10.2 Å². The second-order valence-corrected chi connectivity index (χ2v) is 6.15.